The van der Waals surface area contributed by atoms with Crippen molar-refractivity contribution < 1.29 is 19.1 Å². The summed E-state index contributed by atoms with van der Waals surface area (Å²) < 4.78 is 5.57. The number of benzene rings is 2. The molecule has 0 aromatic heterocycles. The number of nitrogens with zero attached hydrogens (tertiary/aromatic N) is 1. The molecule has 0 unspecified atom stereocenters. The standard InChI is InChI=1S/C26H24Cl2N2O4/c1-14(22(31)29-13-15-7-6-12-34-15)30-23(32)20-21(24(30)33)26(28)17-9-3-2-8-16(17)25(20,27)18-10-4-5-11-19(18)26/h2-5,8-11,14-15,20-21H,6-7,12-13H2,1H3,(H,29,31)/t14-,15+,20+,21+,25?,26?/m1/s1. The first-order valence-electron chi connectivity index (χ1n) is 11.6. The number of carbonyl (C=O) groups excluding carboxylic acids is 3. The Morgan fingerprint density at radius 2 is 1.47 bits per heavy atom. The molecule has 6 nitrogen and oxygen atoms in total. The Balaban J connectivity index is 1.41. The first kappa shape index (κ1) is 22.1. The molecule has 2 bridgehead atoms. The molecule has 3 aliphatic carbocycles. The zero-order valence-corrected chi connectivity index (χ0v) is 20.1. The number of rotatable bonds is 4. The van der Waals surface area contributed by atoms with E-state index in [1.54, 1.807) is 6.92 Å². The van der Waals surface area contributed by atoms with Gasteiger partial charge in [-0.15, -0.1) is 23.2 Å². The Morgan fingerprint density at radius 1 is 1.00 bits per heavy atom. The van der Waals surface area contributed by atoms with Crippen molar-refractivity contribution in [3.05, 3.63) is 70.8 Å². The number of halogens is 2. The van der Waals surface area contributed by atoms with Crippen LogP contribution in [0.3, 0.4) is 0 Å². The lowest BCUT2D eigenvalue weighted by molar-refractivity contribution is -0.147. The highest BCUT2D eigenvalue weighted by molar-refractivity contribution is 6.36. The van der Waals surface area contributed by atoms with Gasteiger partial charge in [-0.05, 0) is 42.0 Å². The maximum absolute atomic E-state index is 13.9. The number of hydrogen-bond acceptors (Lipinski definition) is 4. The number of amides is 3. The van der Waals surface area contributed by atoms with Gasteiger partial charge in [0.2, 0.25) is 17.7 Å². The van der Waals surface area contributed by atoms with E-state index in [0.29, 0.717) is 13.2 Å². The van der Waals surface area contributed by atoms with Crippen molar-refractivity contribution >= 4 is 40.9 Å². The van der Waals surface area contributed by atoms with Crippen LogP contribution in [-0.4, -0.2) is 47.9 Å². The van der Waals surface area contributed by atoms with Crippen LogP contribution in [0.4, 0.5) is 0 Å². The molecule has 2 aromatic carbocycles. The van der Waals surface area contributed by atoms with E-state index in [4.69, 9.17) is 27.9 Å². The summed E-state index contributed by atoms with van der Waals surface area (Å²) in [5, 5.41) is 2.84. The molecule has 2 heterocycles. The van der Waals surface area contributed by atoms with E-state index in [1.807, 2.05) is 48.5 Å². The first-order valence-corrected chi connectivity index (χ1v) is 12.4. The molecule has 0 spiro atoms. The van der Waals surface area contributed by atoms with E-state index in [0.717, 1.165) is 40.0 Å². The number of alkyl halides is 2. The topological polar surface area (TPSA) is 75.7 Å². The fourth-order valence-electron chi connectivity index (χ4n) is 6.36. The largest absolute Gasteiger partial charge is 0.376 e. The molecule has 34 heavy (non-hydrogen) atoms. The van der Waals surface area contributed by atoms with Crippen molar-refractivity contribution in [1.82, 2.24) is 10.2 Å². The Hall–Kier alpha value is -2.41. The number of hydrogen-bond donors (Lipinski definition) is 1. The summed E-state index contributed by atoms with van der Waals surface area (Å²) in [5.74, 6) is -3.13. The third-order valence-corrected chi connectivity index (χ3v) is 9.20. The smallest absolute Gasteiger partial charge is 0.243 e. The highest BCUT2D eigenvalue weighted by Gasteiger charge is 2.73. The van der Waals surface area contributed by atoms with Crippen LogP contribution >= 0.6 is 23.2 Å². The van der Waals surface area contributed by atoms with Crippen molar-refractivity contribution in [3.63, 3.8) is 0 Å². The molecule has 4 atom stereocenters. The van der Waals surface area contributed by atoms with Gasteiger partial charge in [-0.2, -0.15) is 0 Å². The fraction of sp³-hybridized carbons (Fsp3) is 0.423. The van der Waals surface area contributed by atoms with Crippen molar-refractivity contribution in [2.24, 2.45) is 11.8 Å². The van der Waals surface area contributed by atoms with Gasteiger partial charge in [0.1, 0.15) is 15.8 Å². The zero-order chi connectivity index (χ0) is 23.8. The van der Waals surface area contributed by atoms with Gasteiger partial charge in [0, 0.05) is 13.2 Å². The molecular weight excluding hydrogens is 475 g/mol. The molecule has 2 aliphatic heterocycles. The van der Waals surface area contributed by atoms with E-state index >= 15 is 0 Å². The summed E-state index contributed by atoms with van der Waals surface area (Å²) in [4.78, 5) is 39.3. The van der Waals surface area contributed by atoms with Crippen LogP contribution in [0.1, 0.15) is 42.0 Å². The fourth-order valence-corrected chi connectivity index (χ4v) is 7.45. The summed E-state index contributed by atoms with van der Waals surface area (Å²) in [7, 11) is 0. The van der Waals surface area contributed by atoms with Crippen LogP contribution in [0.5, 0.6) is 0 Å². The van der Waals surface area contributed by atoms with Crippen LogP contribution in [0, 0.1) is 11.8 Å². The summed E-state index contributed by atoms with van der Waals surface area (Å²) >= 11 is 14.8. The van der Waals surface area contributed by atoms with Crippen LogP contribution in [0.25, 0.3) is 0 Å². The minimum absolute atomic E-state index is 0.0409. The van der Waals surface area contributed by atoms with Crippen LogP contribution in [0.15, 0.2) is 48.5 Å². The number of ether oxygens (including phenoxy) is 1. The monoisotopic (exact) mass is 498 g/mol. The second-order valence-electron chi connectivity index (χ2n) is 9.57. The molecule has 8 heteroatoms. The summed E-state index contributed by atoms with van der Waals surface area (Å²) in [6, 6.07) is 14.0. The zero-order valence-electron chi connectivity index (χ0n) is 18.6. The molecule has 5 aliphatic rings. The minimum Gasteiger partial charge on any atom is -0.376 e. The van der Waals surface area contributed by atoms with Crippen molar-refractivity contribution in [1.29, 1.82) is 0 Å². The van der Waals surface area contributed by atoms with Gasteiger partial charge in [0.05, 0.1) is 17.9 Å². The SMILES string of the molecule is C[C@H](C(=O)NC[C@@H]1CCCO1)N1C(=O)[C@@H]2[C@@H](C1=O)C1(Cl)c3ccccc3C2(Cl)c2ccccc21. The average Bonchev–Trinajstić information content (AvgIpc) is 3.46. The molecule has 7 rings (SSSR count). The molecule has 2 saturated heterocycles. The predicted octanol–water partition coefficient (Wildman–Crippen LogP) is 3.26. The second-order valence-corrected chi connectivity index (χ2v) is 10.8. The number of nitrogens with one attached hydrogen (secondary N) is 1. The normalized spacial score (nSPS) is 34.0. The molecule has 2 fully saturated rings. The molecular formula is C26H24Cl2N2O4. The Labute approximate surface area is 207 Å². The lowest BCUT2D eigenvalue weighted by Crippen LogP contribution is -2.57. The van der Waals surface area contributed by atoms with Gasteiger partial charge < -0.3 is 10.1 Å². The van der Waals surface area contributed by atoms with Crippen LogP contribution < -0.4 is 5.32 Å². The van der Waals surface area contributed by atoms with Gasteiger partial charge in [-0.25, -0.2) is 0 Å². The highest BCUT2D eigenvalue weighted by atomic mass is 35.5. The number of imide groups is 1. The van der Waals surface area contributed by atoms with E-state index < -0.39 is 45.3 Å². The van der Waals surface area contributed by atoms with E-state index in [2.05, 4.69) is 5.32 Å². The lowest BCUT2D eigenvalue weighted by Gasteiger charge is -2.54. The predicted molar refractivity (Wildman–Crippen MR) is 126 cm³/mol. The molecule has 0 saturated carbocycles. The third kappa shape index (κ3) is 2.65. The maximum Gasteiger partial charge on any atom is 0.243 e. The van der Waals surface area contributed by atoms with Gasteiger partial charge in [-0.3, -0.25) is 19.3 Å². The van der Waals surface area contributed by atoms with Crippen molar-refractivity contribution in [2.45, 2.75) is 41.7 Å². The molecule has 2 aromatic rings. The van der Waals surface area contributed by atoms with Gasteiger partial charge in [-0.1, -0.05) is 48.5 Å². The first-order chi connectivity index (χ1) is 16.3. The van der Waals surface area contributed by atoms with E-state index in [1.165, 1.54) is 0 Å². The van der Waals surface area contributed by atoms with E-state index in [-0.39, 0.29) is 6.10 Å². The number of likely N-dealkylation sites (tertiary alicyclic amines) is 1. The Bertz CT molecular complexity index is 1100. The number of carbonyl (C=O) groups is 3. The second kappa shape index (κ2) is 7.54. The van der Waals surface area contributed by atoms with Gasteiger partial charge >= 0.3 is 0 Å². The molecule has 0 radical (unpaired) electrons. The highest BCUT2D eigenvalue weighted by Crippen LogP contribution is 2.69. The molecule has 1 N–H and O–H groups in total. The molecule has 3 amide bonds. The van der Waals surface area contributed by atoms with E-state index in [9.17, 15) is 14.4 Å². The summed E-state index contributed by atoms with van der Waals surface area (Å²) in [6.07, 6.45) is 1.79. The lowest BCUT2D eigenvalue weighted by atomic mass is 9.54. The van der Waals surface area contributed by atoms with Gasteiger partial charge in [0.25, 0.3) is 0 Å². The maximum atomic E-state index is 13.9. The van der Waals surface area contributed by atoms with Crippen LogP contribution in [0.2, 0.25) is 0 Å². The third-order valence-electron chi connectivity index (χ3n) is 7.91. The van der Waals surface area contributed by atoms with Crippen molar-refractivity contribution in [3.8, 4) is 0 Å². The summed E-state index contributed by atoms with van der Waals surface area (Å²) in [5.41, 5.74) is 2.96. The summed E-state index contributed by atoms with van der Waals surface area (Å²) in [6.45, 7) is 2.60. The van der Waals surface area contributed by atoms with Gasteiger partial charge in [0.15, 0.2) is 0 Å². The Morgan fingerprint density at radius 3 is 1.88 bits per heavy atom. The average molecular weight is 499 g/mol. The Kier molecular flexibility index (Phi) is 4.90. The van der Waals surface area contributed by atoms with Crippen molar-refractivity contribution in [2.75, 3.05) is 13.2 Å². The molecule has 176 valence electrons. The quantitative estimate of drug-likeness (QED) is 0.518. The minimum atomic E-state index is -1.25. The van der Waals surface area contributed by atoms with Crippen LogP contribution in [-0.2, 0) is 28.9 Å².